The Morgan fingerprint density at radius 1 is 1.50 bits per heavy atom. The molecule has 0 aliphatic rings. The van der Waals surface area contributed by atoms with Crippen molar-refractivity contribution in [2.75, 3.05) is 5.73 Å². The number of para-hydroxylation sites is 1. The number of carbonyl (C=O) groups is 1. The van der Waals surface area contributed by atoms with Crippen LogP contribution in [0.5, 0.6) is 0 Å². The van der Waals surface area contributed by atoms with Gasteiger partial charge in [-0.2, -0.15) is 4.68 Å². The molecule has 2 N–H and O–H groups in total. The zero-order valence-electron chi connectivity index (χ0n) is 10.5. The molecule has 8 nitrogen and oxygen atoms in total. The first-order chi connectivity index (χ1) is 9.47. The van der Waals surface area contributed by atoms with Crippen molar-refractivity contribution >= 4 is 29.2 Å². The maximum atomic E-state index is 11.2. The molecule has 0 bridgehead atoms. The Morgan fingerprint density at radius 2 is 2.20 bits per heavy atom. The lowest BCUT2D eigenvalue weighted by Crippen LogP contribution is -2.09. The standard InChI is InChI=1S/C11H11N5O3S/c1-7(17)6-15-11(13-10(14-15)16(18)19)20-9-5-3-2-4-8(9)12/h2-5H,6,12H2,1H3. The monoisotopic (exact) mass is 293 g/mol. The highest BCUT2D eigenvalue weighted by molar-refractivity contribution is 7.99. The van der Waals surface area contributed by atoms with Crippen molar-refractivity contribution in [2.45, 2.75) is 23.5 Å². The summed E-state index contributed by atoms with van der Waals surface area (Å²) in [4.78, 5) is 25.7. The summed E-state index contributed by atoms with van der Waals surface area (Å²) < 4.78 is 1.21. The van der Waals surface area contributed by atoms with E-state index in [9.17, 15) is 14.9 Å². The highest BCUT2D eigenvalue weighted by Crippen LogP contribution is 2.31. The predicted molar refractivity (Wildman–Crippen MR) is 72.3 cm³/mol. The molecule has 1 heterocycles. The lowest BCUT2D eigenvalue weighted by Gasteiger charge is -2.02. The number of aromatic nitrogens is 3. The third-order valence-electron chi connectivity index (χ3n) is 2.28. The van der Waals surface area contributed by atoms with E-state index in [1.165, 1.54) is 11.6 Å². The van der Waals surface area contributed by atoms with E-state index in [-0.39, 0.29) is 17.5 Å². The Morgan fingerprint density at radius 3 is 2.80 bits per heavy atom. The van der Waals surface area contributed by atoms with Crippen molar-refractivity contribution in [3.8, 4) is 0 Å². The van der Waals surface area contributed by atoms with E-state index in [4.69, 9.17) is 5.73 Å². The highest BCUT2D eigenvalue weighted by atomic mass is 32.2. The number of anilines is 1. The van der Waals surface area contributed by atoms with Gasteiger partial charge in [0.1, 0.15) is 6.54 Å². The van der Waals surface area contributed by atoms with Crippen molar-refractivity contribution in [2.24, 2.45) is 0 Å². The molecule has 0 atom stereocenters. The quantitative estimate of drug-likeness (QED) is 0.504. The van der Waals surface area contributed by atoms with Gasteiger partial charge in [-0.25, -0.2) is 0 Å². The molecule has 0 saturated heterocycles. The van der Waals surface area contributed by atoms with Crippen molar-refractivity contribution in [3.05, 3.63) is 34.4 Å². The number of nitrogens with two attached hydrogens (primary N) is 1. The van der Waals surface area contributed by atoms with Crippen molar-refractivity contribution < 1.29 is 9.72 Å². The van der Waals surface area contributed by atoms with Gasteiger partial charge in [0.05, 0.1) is 0 Å². The highest BCUT2D eigenvalue weighted by Gasteiger charge is 2.23. The molecule has 0 unspecified atom stereocenters. The second-order valence-electron chi connectivity index (χ2n) is 3.95. The van der Waals surface area contributed by atoms with Gasteiger partial charge in [-0.05, 0) is 40.7 Å². The summed E-state index contributed by atoms with van der Waals surface area (Å²) in [6, 6.07) is 7.04. The molecule has 2 aromatic rings. The Kier molecular flexibility index (Phi) is 3.99. The summed E-state index contributed by atoms with van der Waals surface area (Å²) in [5.41, 5.74) is 6.33. The van der Waals surface area contributed by atoms with Crippen LogP contribution in [0.25, 0.3) is 0 Å². The molecule has 1 aromatic carbocycles. The van der Waals surface area contributed by atoms with Gasteiger partial charge in [0.15, 0.2) is 5.78 Å². The van der Waals surface area contributed by atoms with Crippen LogP contribution < -0.4 is 5.73 Å². The third-order valence-corrected chi connectivity index (χ3v) is 3.36. The molecule has 20 heavy (non-hydrogen) atoms. The predicted octanol–water partition coefficient (Wildman–Crippen LogP) is 1.51. The van der Waals surface area contributed by atoms with Gasteiger partial charge in [0.25, 0.3) is 5.16 Å². The topological polar surface area (TPSA) is 117 Å². The van der Waals surface area contributed by atoms with E-state index in [2.05, 4.69) is 10.1 Å². The fraction of sp³-hybridized carbons (Fsp3) is 0.182. The van der Waals surface area contributed by atoms with Crippen LogP contribution in [-0.2, 0) is 11.3 Å². The van der Waals surface area contributed by atoms with E-state index in [1.54, 1.807) is 24.3 Å². The number of carbonyl (C=O) groups excluding carboxylic acids is 1. The fourth-order valence-corrected chi connectivity index (χ4v) is 2.32. The number of hydrogen-bond acceptors (Lipinski definition) is 7. The molecule has 0 saturated carbocycles. The van der Waals surface area contributed by atoms with Gasteiger partial charge < -0.3 is 15.8 Å². The van der Waals surface area contributed by atoms with E-state index in [0.717, 1.165) is 11.8 Å². The molecular weight excluding hydrogens is 282 g/mol. The lowest BCUT2D eigenvalue weighted by molar-refractivity contribution is -0.394. The van der Waals surface area contributed by atoms with Crippen LogP contribution in [0.2, 0.25) is 0 Å². The Labute approximate surface area is 118 Å². The van der Waals surface area contributed by atoms with Crippen LogP contribution >= 0.6 is 11.8 Å². The van der Waals surface area contributed by atoms with Gasteiger partial charge in [0, 0.05) is 15.7 Å². The Balaban J connectivity index is 2.36. The summed E-state index contributed by atoms with van der Waals surface area (Å²) in [7, 11) is 0. The summed E-state index contributed by atoms with van der Waals surface area (Å²) in [6.45, 7) is 1.30. The minimum atomic E-state index is -0.699. The number of benzene rings is 1. The molecule has 0 radical (unpaired) electrons. The second-order valence-corrected chi connectivity index (χ2v) is 4.96. The number of hydrogen-bond donors (Lipinski definition) is 1. The summed E-state index contributed by atoms with van der Waals surface area (Å²) in [5.74, 6) is -0.712. The normalized spacial score (nSPS) is 10.4. The first kappa shape index (κ1) is 14.0. The molecule has 0 spiro atoms. The molecular formula is C11H11N5O3S. The molecule has 0 fully saturated rings. The molecule has 9 heteroatoms. The van der Waals surface area contributed by atoms with Crippen molar-refractivity contribution in [3.63, 3.8) is 0 Å². The lowest BCUT2D eigenvalue weighted by atomic mass is 10.3. The van der Waals surface area contributed by atoms with E-state index in [0.29, 0.717) is 10.6 Å². The maximum Gasteiger partial charge on any atom is 0.492 e. The van der Waals surface area contributed by atoms with Crippen LogP contribution in [0.4, 0.5) is 11.6 Å². The smallest absolute Gasteiger partial charge is 0.398 e. The summed E-state index contributed by atoms with van der Waals surface area (Å²) in [6.07, 6.45) is 0. The first-order valence-corrected chi connectivity index (χ1v) is 6.40. The number of rotatable bonds is 5. The van der Waals surface area contributed by atoms with Crippen molar-refractivity contribution in [1.82, 2.24) is 14.8 Å². The average Bonchev–Trinajstić information content (AvgIpc) is 2.75. The van der Waals surface area contributed by atoms with E-state index in [1.807, 2.05) is 0 Å². The molecule has 0 aliphatic carbocycles. The number of Topliss-reactive ketones (excluding diaryl/α,β-unsaturated/α-hetero) is 1. The number of nitrogens with zero attached hydrogens (tertiary/aromatic N) is 4. The minimum Gasteiger partial charge on any atom is -0.398 e. The Hall–Kier alpha value is -2.42. The minimum absolute atomic E-state index is 0.0735. The Bertz CT molecular complexity index is 670. The van der Waals surface area contributed by atoms with E-state index < -0.39 is 10.9 Å². The molecule has 0 aliphatic heterocycles. The fourth-order valence-electron chi connectivity index (χ4n) is 1.45. The van der Waals surface area contributed by atoms with Crippen LogP contribution in [0.3, 0.4) is 0 Å². The van der Waals surface area contributed by atoms with Gasteiger partial charge in [-0.1, -0.05) is 12.1 Å². The largest absolute Gasteiger partial charge is 0.492 e. The van der Waals surface area contributed by atoms with Gasteiger partial charge in [-0.15, -0.1) is 0 Å². The van der Waals surface area contributed by atoms with E-state index >= 15 is 0 Å². The molecule has 0 amide bonds. The van der Waals surface area contributed by atoms with Crippen molar-refractivity contribution in [1.29, 1.82) is 0 Å². The second kappa shape index (κ2) is 5.70. The molecule has 1 aromatic heterocycles. The zero-order valence-corrected chi connectivity index (χ0v) is 11.3. The third kappa shape index (κ3) is 3.12. The first-order valence-electron chi connectivity index (χ1n) is 5.58. The molecule has 2 rings (SSSR count). The van der Waals surface area contributed by atoms with Crippen LogP contribution in [-0.4, -0.2) is 25.5 Å². The summed E-state index contributed by atoms with van der Waals surface area (Å²) >= 11 is 1.13. The average molecular weight is 293 g/mol. The van der Waals surface area contributed by atoms with Gasteiger partial charge in [0.2, 0.25) is 0 Å². The summed E-state index contributed by atoms with van der Waals surface area (Å²) in [5, 5.41) is 14.7. The number of nitrogen functional groups attached to an aromatic ring is 1. The van der Waals surface area contributed by atoms with Gasteiger partial charge >= 0.3 is 5.95 Å². The number of nitro groups is 1. The van der Waals surface area contributed by atoms with Crippen LogP contribution in [0.1, 0.15) is 6.92 Å². The number of ketones is 1. The maximum absolute atomic E-state index is 11.2. The zero-order chi connectivity index (χ0) is 14.7. The van der Waals surface area contributed by atoms with Crippen LogP contribution in [0.15, 0.2) is 34.3 Å². The molecule has 104 valence electrons. The SMILES string of the molecule is CC(=O)Cn1nc([N+](=O)[O-])nc1Sc1ccccc1N. The van der Waals surface area contributed by atoms with Crippen LogP contribution in [0, 0.1) is 10.1 Å². The van der Waals surface area contributed by atoms with Gasteiger partial charge in [-0.3, -0.25) is 4.79 Å².